The van der Waals surface area contributed by atoms with Gasteiger partial charge in [-0.25, -0.2) is 0 Å². The fraction of sp³-hybridized carbons (Fsp3) is 0.600. The Morgan fingerprint density at radius 3 is 1.67 bits per heavy atom. The molecule has 0 amide bonds. The van der Waals surface area contributed by atoms with E-state index in [2.05, 4.69) is 52.0 Å². The van der Waals surface area contributed by atoms with Crippen molar-refractivity contribution in [1.82, 2.24) is 0 Å². The molecule has 0 aromatic carbocycles. The third-order valence-electron chi connectivity index (χ3n) is 4.89. The average Bonchev–Trinajstić information content (AvgIpc) is 2.97. The van der Waals surface area contributed by atoms with E-state index in [-0.39, 0.29) is 0 Å². The van der Waals surface area contributed by atoms with Crippen LogP contribution in [0.3, 0.4) is 0 Å². The van der Waals surface area contributed by atoms with Gasteiger partial charge in [-0.3, -0.25) is 0 Å². The largest absolute Gasteiger partial charge is 0.0882 e. The molecule has 0 radical (unpaired) electrons. The molecule has 0 N–H and O–H groups in total. The zero-order valence-electron chi connectivity index (χ0n) is 14.5. The summed E-state index contributed by atoms with van der Waals surface area (Å²) in [4.78, 5) is 0. The van der Waals surface area contributed by atoms with E-state index < -0.39 is 8.07 Å². The van der Waals surface area contributed by atoms with Crippen molar-refractivity contribution in [2.45, 2.75) is 77.6 Å². The first kappa shape index (κ1) is 16.5. The highest BCUT2D eigenvalue weighted by Gasteiger charge is 2.39. The molecular weight excluding hydrogens is 268 g/mol. The summed E-state index contributed by atoms with van der Waals surface area (Å²) < 4.78 is 0. The van der Waals surface area contributed by atoms with E-state index in [1.807, 2.05) is 0 Å². The molecule has 2 aliphatic rings. The predicted octanol–water partition coefficient (Wildman–Crippen LogP) is 6.81. The summed E-state index contributed by atoms with van der Waals surface area (Å²) in [5.41, 5.74) is 6.48. The van der Waals surface area contributed by atoms with Crippen LogP contribution in [0.5, 0.6) is 0 Å². The van der Waals surface area contributed by atoms with Gasteiger partial charge in [0.25, 0.3) is 0 Å². The zero-order valence-corrected chi connectivity index (χ0v) is 15.5. The molecule has 0 aromatic heterocycles. The first-order valence-corrected chi connectivity index (χ1v) is 11.4. The lowest BCUT2D eigenvalue weighted by atomic mass is 10.1. The molecule has 116 valence electrons. The van der Waals surface area contributed by atoms with Gasteiger partial charge < -0.3 is 0 Å². The van der Waals surface area contributed by atoms with Crippen molar-refractivity contribution in [3.05, 3.63) is 46.6 Å². The summed E-state index contributed by atoms with van der Waals surface area (Å²) in [6.45, 7) is 8.83. The maximum Gasteiger partial charge on any atom is 0.0691 e. The Balaban J connectivity index is 1.76. The first-order valence-electron chi connectivity index (χ1n) is 8.62. The number of rotatable bonds is 6. The van der Waals surface area contributed by atoms with Crippen LogP contribution in [0.1, 0.15) is 53.4 Å². The van der Waals surface area contributed by atoms with Crippen LogP contribution in [0.2, 0.25) is 24.2 Å². The fourth-order valence-electron chi connectivity index (χ4n) is 3.74. The van der Waals surface area contributed by atoms with Crippen LogP contribution >= 0.6 is 0 Å². The van der Waals surface area contributed by atoms with Gasteiger partial charge in [-0.1, -0.05) is 46.6 Å². The third-order valence-corrected chi connectivity index (χ3v) is 9.44. The first-order chi connectivity index (χ1) is 9.99. The lowest BCUT2D eigenvalue weighted by Gasteiger charge is -2.21. The molecule has 0 saturated carbocycles. The number of hydrogen-bond acceptors (Lipinski definition) is 0. The van der Waals surface area contributed by atoms with Crippen LogP contribution in [-0.4, -0.2) is 8.07 Å². The molecule has 1 spiro atoms. The minimum Gasteiger partial charge on any atom is -0.0882 e. The van der Waals surface area contributed by atoms with Gasteiger partial charge in [0.05, 0.1) is 8.07 Å². The SMILES string of the molecule is CC(C)=CCCC1=CC[Si]2(CC=C(CCC=C(C)C)C2)C1. The van der Waals surface area contributed by atoms with Crippen LogP contribution < -0.4 is 0 Å². The summed E-state index contributed by atoms with van der Waals surface area (Å²) in [5, 5.41) is 0. The summed E-state index contributed by atoms with van der Waals surface area (Å²) in [6, 6.07) is 5.90. The molecule has 0 saturated heterocycles. The van der Waals surface area contributed by atoms with Crippen molar-refractivity contribution in [2.75, 3.05) is 0 Å². The second-order valence-corrected chi connectivity index (χ2v) is 12.2. The molecular formula is C20H32Si. The van der Waals surface area contributed by atoms with Crippen LogP contribution in [0.15, 0.2) is 46.6 Å². The Hall–Kier alpha value is -0.823. The van der Waals surface area contributed by atoms with E-state index in [9.17, 15) is 0 Å². The highest BCUT2D eigenvalue weighted by Crippen LogP contribution is 2.45. The van der Waals surface area contributed by atoms with E-state index in [1.165, 1.54) is 61.0 Å². The fourth-order valence-corrected chi connectivity index (χ4v) is 8.62. The Kier molecular flexibility index (Phi) is 5.86. The molecule has 0 unspecified atom stereocenters. The quantitative estimate of drug-likeness (QED) is 0.373. The van der Waals surface area contributed by atoms with E-state index in [0.29, 0.717) is 0 Å². The second kappa shape index (κ2) is 7.44. The van der Waals surface area contributed by atoms with E-state index in [4.69, 9.17) is 0 Å². The van der Waals surface area contributed by atoms with Crippen LogP contribution in [0.4, 0.5) is 0 Å². The van der Waals surface area contributed by atoms with Crippen LogP contribution in [0, 0.1) is 0 Å². The van der Waals surface area contributed by atoms with Gasteiger partial charge in [-0.15, -0.1) is 0 Å². The molecule has 1 heteroatoms. The van der Waals surface area contributed by atoms with Gasteiger partial charge in [0.1, 0.15) is 0 Å². The van der Waals surface area contributed by atoms with Gasteiger partial charge in [-0.05, 0) is 77.6 Å². The summed E-state index contributed by atoms with van der Waals surface area (Å²) >= 11 is 0. The topological polar surface area (TPSA) is 0 Å². The Bertz CT molecular complexity index is 434. The van der Waals surface area contributed by atoms with Crippen LogP contribution in [0.25, 0.3) is 0 Å². The molecule has 2 rings (SSSR count). The zero-order chi connectivity index (χ0) is 15.3. The molecule has 0 nitrogen and oxygen atoms in total. The number of allylic oxidation sites excluding steroid dienone is 8. The average molecular weight is 301 g/mol. The maximum atomic E-state index is 2.61. The normalized spacial score (nSPS) is 19.4. The van der Waals surface area contributed by atoms with Gasteiger partial charge in [-0.2, -0.15) is 0 Å². The smallest absolute Gasteiger partial charge is 0.0691 e. The van der Waals surface area contributed by atoms with E-state index in [1.54, 1.807) is 11.1 Å². The summed E-state index contributed by atoms with van der Waals surface area (Å²) in [5.74, 6) is 0. The maximum absolute atomic E-state index is 2.61. The van der Waals surface area contributed by atoms with Crippen molar-refractivity contribution < 1.29 is 0 Å². The molecule has 0 aliphatic carbocycles. The van der Waals surface area contributed by atoms with Crippen molar-refractivity contribution in [2.24, 2.45) is 0 Å². The van der Waals surface area contributed by atoms with E-state index >= 15 is 0 Å². The minimum absolute atomic E-state index is 0.976. The van der Waals surface area contributed by atoms with Gasteiger partial charge in [0.2, 0.25) is 0 Å². The highest BCUT2D eigenvalue weighted by atomic mass is 28.3. The lowest BCUT2D eigenvalue weighted by molar-refractivity contribution is 0.957. The summed E-state index contributed by atoms with van der Waals surface area (Å²) in [7, 11) is -0.976. The van der Waals surface area contributed by atoms with Crippen molar-refractivity contribution in [3.8, 4) is 0 Å². The molecule has 0 bridgehead atoms. The second-order valence-electron chi connectivity index (χ2n) is 7.63. The Morgan fingerprint density at radius 2 is 1.29 bits per heavy atom. The molecule has 2 aliphatic heterocycles. The molecule has 2 heterocycles. The van der Waals surface area contributed by atoms with Crippen molar-refractivity contribution in [3.63, 3.8) is 0 Å². The Morgan fingerprint density at radius 1 is 0.857 bits per heavy atom. The molecule has 21 heavy (non-hydrogen) atoms. The van der Waals surface area contributed by atoms with E-state index in [0.717, 1.165) is 0 Å². The predicted molar refractivity (Wildman–Crippen MR) is 98.5 cm³/mol. The number of hydrogen-bond donors (Lipinski definition) is 0. The van der Waals surface area contributed by atoms with Crippen molar-refractivity contribution in [1.29, 1.82) is 0 Å². The van der Waals surface area contributed by atoms with Crippen LogP contribution in [-0.2, 0) is 0 Å². The summed E-state index contributed by atoms with van der Waals surface area (Å²) in [6.07, 6.45) is 15.1. The molecule has 0 fully saturated rings. The lowest BCUT2D eigenvalue weighted by Crippen LogP contribution is -2.26. The monoisotopic (exact) mass is 300 g/mol. The molecule has 0 atom stereocenters. The van der Waals surface area contributed by atoms with Crippen molar-refractivity contribution >= 4 is 8.07 Å². The highest BCUT2D eigenvalue weighted by molar-refractivity contribution is 6.83. The Labute approximate surface area is 132 Å². The standard InChI is InChI=1S/C20H32Si/c1-17(2)7-5-9-19-11-13-21(15-19)14-12-20(16-21)10-6-8-18(3)4/h7-8,11-12H,5-6,9-10,13-16H2,1-4H3. The third kappa shape index (κ3) is 5.14. The molecule has 0 aromatic rings. The van der Waals surface area contributed by atoms with Gasteiger partial charge in [0, 0.05) is 0 Å². The van der Waals surface area contributed by atoms with Gasteiger partial charge >= 0.3 is 0 Å². The minimum atomic E-state index is -0.976. The van der Waals surface area contributed by atoms with Gasteiger partial charge in [0.15, 0.2) is 0 Å².